The fourth-order valence-electron chi connectivity index (χ4n) is 1.81. The topological polar surface area (TPSA) is 17.1 Å². The smallest absolute Gasteiger partial charge is 0.124 e. The number of halogens is 1. The van der Waals surface area contributed by atoms with E-state index in [9.17, 15) is 4.79 Å². The summed E-state index contributed by atoms with van der Waals surface area (Å²) in [4.78, 5) is 12.8. The molecule has 0 fully saturated rings. The van der Waals surface area contributed by atoms with Gasteiger partial charge in [-0.05, 0) is 41.8 Å². The fraction of sp³-hybridized carbons (Fsp3) is 0.188. The summed E-state index contributed by atoms with van der Waals surface area (Å²) < 4.78 is 0. The minimum Gasteiger partial charge on any atom is -0.303 e. The van der Waals surface area contributed by atoms with E-state index in [1.165, 1.54) is 10.5 Å². The molecule has 0 unspecified atom stereocenters. The van der Waals surface area contributed by atoms with Crippen molar-refractivity contribution in [1.82, 2.24) is 0 Å². The van der Waals surface area contributed by atoms with Crippen molar-refractivity contribution in [2.24, 2.45) is 0 Å². The normalized spacial score (nSPS) is 10.4. The van der Waals surface area contributed by atoms with Gasteiger partial charge < -0.3 is 4.79 Å². The van der Waals surface area contributed by atoms with Gasteiger partial charge in [0.1, 0.15) is 6.29 Å². The van der Waals surface area contributed by atoms with Crippen molar-refractivity contribution in [3.05, 3.63) is 58.6 Å². The molecule has 0 N–H and O–H groups in total. The van der Waals surface area contributed by atoms with Crippen LogP contribution in [0.3, 0.4) is 0 Å². The van der Waals surface area contributed by atoms with Gasteiger partial charge in [0, 0.05) is 21.2 Å². The standard InChI is InChI=1S/C16H15ClOS/c1-2-12-4-3-5-14(10-12)19-15-7-6-13(8-9-18)16(17)11-15/h3-7,9-11H,2,8H2,1H3. The number of benzene rings is 2. The molecular formula is C16H15ClOS. The van der Waals surface area contributed by atoms with Crippen LogP contribution in [-0.4, -0.2) is 6.29 Å². The predicted octanol–water partition coefficient (Wildman–Crippen LogP) is 4.80. The summed E-state index contributed by atoms with van der Waals surface area (Å²) in [7, 11) is 0. The highest BCUT2D eigenvalue weighted by molar-refractivity contribution is 7.99. The van der Waals surface area contributed by atoms with Crippen molar-refractivity contribution in [3.8, 4) is 0 Å². The third-order valence-corrected chi connectivity index (χ3v) is 4.20. The Balaban J connectivity index is 2.18. The summed E-state index contributed by atoms with van der Waals surface area (Å²) in [6, 6.07) is 14.3. The fourth-order valence-corrected chi connectivity index (χ4v) is 3.08. The molecule has 0 aromatic heterocycles. The van der Waals surface area contributed by atoms with Crippen molar-refractivity contribution in [3.63, 3.8) is 0 Å². The number of carbonyl (C=O) groups is 1. The number of hydrogen-bond acceptors (Lipinski definition) is 2. The van der Waals surface area contributed by atoms with E-state index in [0.29, 0.717) is 11.4 Å². The van der Waals surface area contributed by atoms with Crippen LogP contribution >= 0.6 is 23.4 Å². The molecule has 3 heteroatoms. The Morgan fingerprint density at radius 1 is 1.16 bits per heavy atom. The first-order valence-electron chi connectivity index (χ1n) is 6.21. The van der Waals surface area contributed by atoms with Crippen molar-refractivity contribution in [1.29, 1.82) is 0 Å². The molecule has 0 saturated heterocycles. The van der Waals surface area contributed by atoms with Gasteiger partial charge >= 0.3 is 0 Å². The lowest BCUT2D eigenvalue weighted by Crippen LogP contribution is -1.87. The summed E-state index contributed by atoms with van der Waals surface area (Å²) >= 11 is 7.85. The Morgan fingerprint density at radius 2 is 1.95 bits per heavy atom. The first-order chi connectivity index (χ1) is 9.22. The quantitative estimate of drug-likeness (QED) is 0.736. The van der Waals surface area contributed by atoms with Gasteiger partial charge in [0.15, 0.2) is 0 Å². The largest absolute Gasteiger partial charge is 0.303 e. The van der Waals surface area contributed by atoms with E-state index in [-0.39, 0.29) is 0 Å². The van der Waals surface area contributed by atoms with Crippen molar-refractivity contribution < 1.29 is 4.79 Å². The molecule has 0 amide bonds. The molecule has 2 rings (SSSR count). The molecule has 1 nitrogen and oxygen atoms in total. The zero-order valence-electron chi connectivity index (χ0n) is 10.7. The maximum Gasteiger partial charge on any atom is 0.124 e. The van der Waals surface area contributed by atoms with Gasteiger partial charge in [-0.3, -0.25) is 0 Å². The van der Waals surface area contributed by atoms with E-state index in [2.05, 4.69) is 31.2 Å². The average Bonchev–Trinajstić information content (AvgIpc) is 2.42. The molecule has 98 valence electrons. The molecule has 19 heavy (non-hydrogen) atoms. The number of aryl methyl sites for hydroxylation is 1. The summed E-state index contributed by atoms with van der Waals surface area (Å²) in [5.74, 6) is 0. The second-order valence-corrected chi connectivity index (χ2v) is 5.78. The van der Waals surface area contributed by atoms with Crippen LogP contribution in [0.2, 0.25) is 5.02 Å². The molecule has 0 saturated carbocycles. The number of rotatable bonds is 5. The first kappa shape index (κ1) is 14.2. The van der Waals surface area contributed by atoms with Gasteiger partial charge in [-0.1, -0.05) is 48.5 Å². The van der Waals surface area contributed by atoms with Crippen LogP contribution in [0.5, 0.6) is 0 Å². The number of hydrogen-bond donors (Lipinski definition) is 0. The lowest BCUT2D eigenvalue weighted by atomic mass is 10.2. The third-order valence-electron chi connectivity index (χ3n) is 2.87. The van der Waals surface area contributed by atoms with Crippen LogP contribution < -0.4 is 0 Å². The highest BCUT2D eigenvalue weighted by Crippen LogP contribution is 2.31. The lowest BCUT2D eigenvalue weighted by molar-refractivity contribution is -0.107. The number of aldehydes is 1. The Labute approximate surface area is 123 Å². The summed E-state index contributed by atoms with van der Waals surface area (Å²) in [5, 5.41) is 0.656. The van der Waals surface area contributed by atoms with Gasteiger partial charge in [0.25, 0.3) is 0 Å². The molecule has 2 aromatic carbocycles. The summed E-state index contributed by atoms with van der Waals surface area (Å²) in [6.07, 6.45) is 2.28. The van der Waals surface area contributed by atoms with E-state index in [4.69, 9.17) is 11.6 Å². The Morgan fingerprint density at radius 3 is 2.63 bits per heavy atom. The number of carbonyl (C=O) groups excluding carboxylic acids is 1. The molecule has 0 atom stereocenters. The molecule has 0 radical (unpaired) electrons. The maximum atomic E-state index is 10.5. The zero-order chi connectivity index (χ0) is 13.7. The SMILES string of the molecule is CCc1cccc(Sc2ccc(CC=O)c(Cl)c2)c1. The van der Waals surface area contributed by atoms with Crippen molar-refractivity contribution in [2.45, 2.75) is 29.6 Å². The van der Waals surface area contributed by atoms with Gasteiger partial charge in [0.2, 0.25) is 0 Å². The van der Waals surface area contributed by atoms with Crippen LogP contribution in [0.25, 0.3) is 0 Å². The van der Waals surface area contributed by atoms with Crippen LogP contribution in [0.15, 0.2) is 52.3 Å². The van der Waals surface area contributed by atoms with Crippen molar-refractivity contribution in [2.75, 3.05) is 0 Å². The minimum absolute atomic E-state index is 0.370. The van der Waals surface area contributed by atoms with Crippen LogP contribution in [0.1, 0.15) is 18.1 Å². The second-order valence-electron chi connectivity index (χ2n) is 4.23. The van der Waals surface area contributed by atoms with E-state index in [1.807, 2.05) is 18.2 Å². The Kier molecular flexibility index (Phi) is 5.06. The van der Waals surface area contributed by atoms with E-state index in [1.54, 1.807) is 11.8 Å². The van der Waals surface area contributed by atoms with Gasteiger partial charge in [-0.25, -0.2) is 0 Å². The van der Waals surface area contributed by atoms with Crippen LogP contribution in [0, 0.1) is 0 Å². The average molecular weight is 291 g/mol. The first-order valence-corrected chi connectivity index (χ1v) is 7.41. The highest BCUT2D eigenvalue weighted by Gasteiger charge is 2.03. The van der Waals surface area contributed by atoms with Gasteiger partial charge in [-0.15, -0.1) is 0 Å². The van der Waals surface area contributed by atoms with E-state index < -0.39 is 0 Å². The van der Waals surface area contributed by atoms with Crippen molar-refractivity contribution >= 4 is 29.6 Å². The molecule has 0 spiro atoms. The Bertz CT molecular complexity index is 581. The molecule has 0 aliphatic rings. The maximum absolute atomic E-state index is 10.5. The van der Waals surface area contributed by atoms with Crippen LogP contribution in [0.4, 0.5) is 0 Å². The molecule has 0 aliphatic heterocycles. The minimum atomic E-state index is 0.370. The molecular weight excluding hydrogens is 276 g/mol. The van der Waals surface area contributed by atoms with E-state index >= 15 is 0 Å². The molecule has 0 heterocycles. The van der Waals surface area contributed by atoms with Gasteiger partial charge in [-0.2, -0.15) is 0 Å². The monoisotopic (exact) mass is 290 g/mol. The predicted molar refractivity (Wildman–Crippen MR) is 81.2 cm³/mol. The van der Waals surface area contributed by atoms with Gasteiger partial charge in [0.05, 0.1) is 0 Å². The Hall–Kier alpha value is -1.25. The molecule has 0 bridgehead atoms. The van der Waals surface area contributed by atoms with E-state index in [0.717, 1.165) is 23.2 Å². The molecule has 2 aromatic rings. The summed E-state index contributed by atoms with van der Waals surface area (Å²) in [5.41, 5.74) is 2.21. The highest BCUT2D eigenvalue weighted by atomic mass is 35.5. The summed E-state index contributed by atoms with van der Waals surface area (Å²) in [6.45, 7) is 2.15. The zero-order valence-corrected chi connectivity index (χ0v) is 12.3. The second kappa shape index (κ2) is 6.78. The van der Waals surface area contributed by atoms with Crippen LogP contribution in [-0.2, 0) is 17.6 Å². The molecule has 0 aliphatic carbocycles. The lowest BCUT2D eigenvalue weighted by Gasteiger charge is -2.06. The third kappa shape index (κ3) is 3.85.